The first-order valence-electron chi connectivity index (χ1n) is 9.23. The molecule has 3 nitrogen and oxygen atoms in total. The minimum absolute atomic E-state index is 0.00616. The molecule has 0 unspecified atom stereocenters. The van der Waals surface area contributed by atoms with Gasteiger partial charge in [0.1, 0.15) is 0 Å². The van der Waals surface area contributed by atoms with Gasteiger partial charge in [-0.25, -0.2) is 8.42 Å². The summed E-state index contributed by atoms with van der Waals surface area (Å²) in [7, 11) is -3.20. The normalized spacial score (nSPS) is 18.7. The highest BCUT2D eigenvalue weighted by Crippen LogP contribution is 2.37. The van der Waals surface area contributed by atoms with E-state index >= 15 is 0 Å². The molecule has 1 aliphatic rings. The SMILES string of the molecule is CCCCS(=O)(=O)N1CCC[C@@H]1C(c1ccccc1)c1ccccc1. The van der Waals surface area contributed by atoms with Gasteiger partial charge in [-0.3, -0.25) is 0 Å². The first kappa shape index (κ1) is 18.2. The molecule has 0 aromatic heterocycles. The van der Waals surface area contributed by atoms with Crippen LogP contribution in [-0.4, -0.2) is 31.1 Å². The summed E-state index contributed by atoms with van der Waals surface area (Å²) in [5.74, 6) is 0.345. The third-order valence-electron chi connectivity index (χ3n) is 5.06. The molecule has 1 heterocycles. The van der Waals surface area contributed by atoms with Gasteiger partial charge in [-0.2, -0.15) is 4.31 Å². The highest BCUT2D eigenvalue weighted by Gasteiger charge is 2.39. The van der Waals surface area contributed by atoms with Crippen molar-refractivity contribution in [2.24, 2.45) is 0 Å². The van der Waals surface area contributed by atoms with Crippen molar-refractivity contribution in [3.05, 3.63) is 71.8 Å². The van der Waals surface area contributed by atoms with E-state index in [2.05, 4.69) is 24.3 Å². The van der Waals surface area contributed by atoms with Crippen LogP contribution in [0.15, 0.2) is 60.7 Å². The van der Waals surface area contributed by atoms with Crippen molar-refractivity contribution >= 4 is 10.0 Å². The second-order valence-corrected chi connectivity index (χ2v) is 8.83. The van der Waals surface area contributed by atoms with Crippen LogP contribution in [0.25, 0.3) is 0 Å². The van der Waals surface area contributed by atoms with Gasteiger partial charge in [-0.05, 0) is 30.4 Å². The van der Waals surface area contributed by atoms with Crippen LogP contribution in [0.5, 0.6) is 0 Å². The Balaban J connectivity index is 1.98. The highest BCUT2D eigenvalue weighted by atomic mass is 32.2. The number of nitrogens with zero attached hydrogens (tertiary/aromatic N) is 1. The number of sulfonamides is 1. The van der Waals surface area contributed by atoms with Crippen LogP contribution in [0.2, 0.25) is 0 Å². The molecule has 1 atom stereocenters. The van der Waals surface area contributed by atoms with Gasteiger partial charge < -0.3 is 0 Å². The molecule has 3 rings (SSSR count). The molecular formula is C21H27NO2S. The van der Waals surface area contributed by atoms with Crippen LogP contribution < -0.4 is 0 Å². The number of rotatable bonds is 7. The third kappa shape index (κ3) is 4.13. The molecule has 0 aliphatic carbocycles. The van der Waals surface area contributed by atoms with Gasteiger partial charge >= 0.3 is 0 Å². The second kappa shape index (κ2) is 8.15. The molecule has 2 aromatic rings. The Hall–Kier alpha value is -1.65. The lowest BCUT2D eigenvalue weighted by Gasteiger charge is -2.32. The van der Waals surface area contributed by atoms with Crippen LogP contribution in [0, 0.1) is 0 Å². The molecule has 1 fully saturated rings. The molecule has 0 radical (unpaired) electrons. The molecule has 0 bridgehead atoms. The molecule has 134 valence electrons. The van der Waals surface area contributed by atoms with E-state index in [1.165, 1.54) is 11.1 Å². The lowest BCUT2D eigenvalue weighted by atomic mass is 9.84. The van der Waals surface area contributed by atoms with Gasteiger partial charge in [0.25, 0.3) is 0 Å². The van der Waals surface area contributed by atoms with Gasteiger partial charge in [-0.15, -0.1) is 0 Å². The largest absolute Gasteiger partial charge is 0.214 e. The smallest absolute Gasteiger partial charge is 0.212 e. The average Bonchev–Trinajstić information content (AvgIpc) is 3.12. The predicted octanol–water partition coefficient (Wildman–Crippen LogP) is 4.41. The average molecular weight is 358 g/mol. The van der Waals surface area contributed by atoms with Crippen molar-refractivity contribution in [3.63, 3.8) is 0 Å². The maximum Gasteiger partial charge on any atom is 0.214 e. The van der Waals surface area contributed by atoms with E-state index in [1.54, 1.807) is 4.31 Å². The van der Waals surface area contributed by atoms with E-state index in [9.17, 15) is 8.42 Å². The maximum absolute atomic E-state index is 12.9. The summed E-state index contributed by atoms with van der Waals surface area (Å²) >= 11 is 0. The Bertz CT molecular complexity index is 719. The molecule has 1 saturated heterocycles. The minimum atomic E-state index is -3.20. The first-order chi connectivity index (χ1) is 12.1. The van der Waals surface area contributed by atoms with Crippen molar-refractivity contribution in [1.82, 2.24) is 4.31 Å². The number of unbranched alkanes of at least 4 members (excludes halogenated alkanes) is 1. The summed E-state index contributed by atoms with van der Waals surface area (Å²) in [6.07, 6.45) is 3.48. The molecule has 0 amide bonds. The third-order valence-corrected chi connectivity index (χ3v) is 7.04. The van der Waals surface area contributed by atoms with Gasteiger partial charge in [0.15, 0.2) is 0 Å². The van der Waals surface area contributed by atoms with Crippen molar-refractivity contribution in [2.75, 3.05) is 12.3 Å². The summed E-state index contributed by atoms with van der Waals surface area (Å²) in [4.78, 5) is 0. The molecule has 0 saturated carbocycles. The Kier molecular flexibility index (Phi) is 5.92. The zero-order valence-electron chi connectivity index (χ0n) is 14.8. The fourth-order valence-electron chi connectivity index (χ4n) is 3.85. The Labute approximate surface area is 151 Å². The van der Waals surface area contributed by atoms with Gasteiger partial charge in [0.2, 0.25) is 10.0 Å². The van der Waals surface area contributed by atoms with Crippen molar-refractivity contribution < 1.29 is 8.42 Å². The quantitative estimate of drug-likeness (QED) is 0.736. The summed E-state index contributed by atoms with van der Waals surface area (Å²) in [5, 5.41) is 0. The van der Waals surface area contributed by atoms with Gasteiger partial charge in [-0.1, -0.05) is 74.0 Å². The molecule has 2 aromatic carbocycles. The van der Waals surface area contributed by atoms with Crippen molar-refractivity contribution in [2.45, 2.75) is 44.6 Å². The van der Waals surface area contributed by atoms with Crippen molar-refractivity contribution in [1.29, 1.82) is 0 Å². The summed E-state index contributed by atoms with van der Waals surface area (Å²) < 4.78 is 27.6. The predicted molar refractivity (Wildman–Crippen MR) is 103 cm³/mol. The van der Waals surface area contributed by atoms with Crippen LogP contribution >= 0.6 is 0 Å². The standard InChI is InChI=1S/C21H27NO2S/c1-2-3-17-25(23,24)22-16-10-15-20(22)21(18-11-6-4-7-12-18)19-13-8-5-9-14-19/h4-9,11-14,20-21H,2-3,10,15-17H2,1H3/t20-/m1/s1. The summed E-state index contributed by atoms with van der Waals surface area (Å²) in [5.41, 5.74) is 2.38. The highest BCUT2D eigenvalue weighted by molar-refractivity contribution is 7.89. The van der Waals surface area contributed by atoms with E-state index < -0.39 is 10.0 Å². The monoisotopic (exact) mass is 357 g/mol. The Morgan fingerprint density at radius 3 is 2.08 bits per heavy atom. The fraction of sp³-hybridized carbons (Fsp3) is 0.429. The molecule has 0 N–H and O–H groups in total. The molecule has 4 heteroatoms. The molecule has 25 heavy (non-hydrogen) atoms. The number of hydrogen-bond donors (Lipinski definition) is 0. The topological polar surface area (TPSA) is 37.4 Å². The minimum Gasteiger partial charge on any atom is -0.212 e. The van der Waals surface area contributed by atoms with E-state index in [4.69, 9.17) is 0 Å². The maximum atomic E-state index is 12.9. The van der Waals surface area contributed by atoms with E-state index in [1.807, 2.05) is 43.3 Å². The van der Waals surface area contributed by atoms with Gasteiger partial charge in [0, 0.05) is 18.5 Å². The van der Waals surface area contributed by atoms with E-state index in [0.29, 0.717) is 6.54 Å². The summed E-state index contributed by atoms with van der Waals surface area (Å²) in [6.45, 7) is 2.68. The zero-order valence-corrected chi connectivity index (χ0v) is 15.7. The van der Waals surface area contributed by atoms with Crippen LogP contribution in [-0.2, 0) is 10.0 Å². The van der Waals surface area contributed by atoms with Crippen LogP contribution in [0.1, 0.15) is 49.7 Å². The Morgan fingerprint density at radius 2 is 1.56 bits per heavy atom. The lowest BCUT2D eigenvalue weighted by molar-refractivity contribution is 0.360. The Morgan fingerprint density at radius 1 is 1.00 bits per heavy atom. The first-order valence-corrected chi connectivity index (χ1v) is 10.8. The number of benzene rings is 2. The fourth-order valence-corrected chi connectivity index (χ4v) is 5.78. The number of hydrogen-bond acceptors (Lipinski definition) is 2. The van der Waals surface area contributed by atoms with Crippen LogP contribution in [0.3, 0.4) is 0 Å². The second-order valence-electron chi connectivity index (χ2n) is 6.79. The van der Waals surface area contributed by atoms with Gasteiger partial charge in [0.05, 0.1) is 5.75 Å². The van der Waals surface area contributed by atoms with E-state index in [0.717, 1.165) is 25.7 Å². The molecular weight excluding hydrogens is 330 g/mol. The zero-order chi connectivity index (χ0) is 17.7. The van der Waals surface area contributed by atoms with Crippen LogP contribution in [0.4, 0.5) is 0 Å². The van der Waals surface area contributed by atoms with E-state index in [-0.39, 0.29) is 17.7 Å². The molecule has 1 aliphatic heterocycles. The lowest BCUT2D eigenvalue weighted by Crippen LogP contribution is -2.40. The van der Waals surface area contributed by atoms with Crippen molar-refractivity contribution in [3.8, 4) is 0 Å². The summed E-state index contributed by atoms with van der Waals surface area (Å²) in [6, 6.07) is 20.6. The molecule has 0 spiro atoms.